The summed E-state index contributed by atoms with van der Waals surface area (Å²) in [5, 5.41) is 7.32. The summed E-state index contributed by atoms with van der Waals surface area (Å²) >= 11 is 0. The molecule has 17 heavy (non-hydrogen) atoms. The maximum atomic E-state index is 12.3. The molecule has 98 valence electrons. The van der Waals surface area contributed by atoms with Crippen molar-refractivity contribution in [2.24, 2.45) is 7.05 Å². The predicted molar refractivity (Wildman–Crippen MR) is 66.7 cm³/mol. The van der Waals surface area contributed by atoms with E-state index in [2.05, 4.69) is 10.4 Å². The molecule has 1 aliphatic rings. The Hall–Kier alpha value is -0.630. The lowest BCUT2D eigenvalue weighted by Gasteiger charge is -2.32. The van der Waals surface area contributed by atoms with Crippen LogP contribution in [0.15, 0.2) is 17.3 Å². The SMILES string of the molecule is C[C@@H]1CNCCN1S(=O)(=O)c1ccnn1C.Cl. The molecule has 0 radical (unpaired) electrons. The quantitative estimate of drug-likeness (QED) is 0.816. The van der Waals surface area contributed by atoms with Gasteiger partial charge in [-0.25, -0.2) is 8.42 Å². The largest absolute Gasteiger partial charge is 0.314 e. The number of hydrogen-bond acceptors (Lipinski definition) is 4. The minimum Gasteiger partial charge on any atom is -0.314 e. The molecule has 0 bridgehead atoms. The van der Waals surface area contributed by atoms with Crippen LogP contribution in [0.4, 0.5) is 0 Å². The minimum absolute atomic E-state index is 0. The van der Waals surface area contributed by atoms with Gasteiger partial charge in [0, 0.05) is 32.7 Å². The zero-order valence-corrected chi connectivity index (χ0v) is 11.5. The first kappa shape index (κ1) is 14.4. The third kappa shape index (κ3) is 2.62. The van der Waals surface area contributed by atoms with Crippen molar-refractivity contribution in [2.45, 2.75) is 18.0 Å². The molecule has 0 amide bonds. The van der Waals surface area contributed by atoms with Crippen molar-refractivity contribution >= 4 is 22.4 Å². The van der Waals surface area contributed by atoms with E-state index in [1.807, 2.05) is 6.92 Å². The highest BCUT2D eigenvalue weighted by molar-refractivity contribution is 7.89. The molecular weight excluding hydrogens is 264 g/mol. The molecule has 1 aromatic heterocycles. The standard InChI is InChI=1S/C9H16N4O2S.ClH/c1-8-7-10-5-6-13(8)16(14,15)9-3-4-11-12(9)2;/h3-4,8,10H,5-7H2,1-2H3;1H/t8-;/m1./s1. The van der Waals surface area contributed by atoms with Gasteiger partial charge in [0.05, 0.1) is 6.20 Å². The van der Waals surface area contributed by atoms with E-state index in [0.29, 0.717) is 19.6 Å². The number of hydrogen-bond donors (Lipinski definition) is 1. The van der Waals surface area contributed by atoms with E-state index in [1.165, 1.54) is 21.3 Å². The summed E-state index contributed by atoms with van der Waals surface area (Å²) in [7, 11) is -1.77. The summed E-state index contributed by atoms with van der Waals surface area (Å²) in [5.41, 5.74) is 0. The van der Waals surface area contributed by atoms with Gasteiger partial charge in [-0.15, -0.1) is 12.4 Å². The van der Waals surface area contributed by atoms with Crippen LogP contribution in [0.2, 0.25) is 0 Å². The van der Waals surface area contributed by atoms with Crippen molar-refractivity contribution in [3.05, 3.63) is 12.3 Å². The van der Waals surface area contributed by atoms with Gasteiger partial charge < -0.3 is 5.32 Å². The highest BCUT2D eigenvalue weighted by Crippen LogP contribution is 2.17. The average Bonchev–Trinajstić information content (AvgIpc) is 2.65. The summed E-state index contributed by atoms with van der Waals surface area (Å²) in [6, 6.07) is 1.51. The third-order valence-electron chi connectivity index (χ3n) is 2.79. The first-order chi connectivity index (χ1) is 7.53. The lowest BCUT2D eigenvalue weighted by molar-refractivity contribution is 0.282. The van der Waals surface area contributed by atoms with Gasteiger partial charge in [0.25, 0.3) is 10.0 Å². The zero-order valence-electron chi connectivity index (χ0n) is 9.83. The van der Waals surface area contributed by atoms with Crippen molar-refractivity contribution in [3.63, 3.8) is 0 Å². The molecular formula is C9H17ClN4O2S. The Kier molecular flexibility index (Phi) is 4.54. The van der Waals surface area contributed by atoms with E-state index in [-0.39, 0.29) is 23.5 Å². The Morgan fingerprint density at radius 2 is 2.24 bits per heavy atom. The highest BCUT2D eigenvalue weighted by Gasteiger charge is 2.32. The molecule has 1 atom stereocenters. The van der Waals surface area contributed by atoms with Gasteiger partial charge in [-0.2, -0.15) is 9.40 Å². The molecule has 6 nitrogen and oxygen atoms in total. The van der Waals surface area contributed by atoms with Crippen molar-refractivity contribution in [1.82, 2.24) is 19.4 Å². The molecule has 1 saturated heterocycles. The second kappa shape index (κ2) is 5.34. The highest BCUT2D eigenvalue weighted by atomic mass is 35.5. The van der Waals surface area contributed by atoms with E-state index in [9.17, 15) is 8.42 Å². The Morgan fingerprint density at radius 3 is 2.76 bits per heavy atom. The smallest absolute Gasteiger partial charge is 0.260 e. The van der Waals surface area contributed by atoms with E-state index < -0.39 is 10.0 Å². The fourth-order valence-corrected chi connectivity index (χ4v) is 3.65. The number of aryl methyl sites for hydroxylation is 1. The van der Waals surface area contributed by atoms with Gasteiger partial charge in [0.2, 0.25) is 0 Å². The van der Waals surface area contributed by atoms with Crippen LogP contribution in [-0.4, -0.2) is 48.2 Å². The zero-order chi connectivity index (χ0) is 11.8. The maximum Gasteiger partial charge on any atom is 0.260 e. The van der Waals surface area contributed by atoms with Gasteiger partial charge >= 0.3 is 0 Å². The van der Waals surface area contributed by atoms with E-state index >= 15 is 0 Å². The third-order valence-corrected chi connectivity index (χ3v) is 4.88. The van der Waals surface area contributed by atoms with Crippen LogP contribution in [0, 0.1) is 0 Å². The summed E-state index contributed by atoms with van der Waals surface area (Å²) in [6.45, 7) is 3.80. The number of piperazine rings is 1. The number of aromatic nitrogens is 2. The summed E-state index contributed by atoms with van der Waals surface area (Å²) in [4.78, 5) is 0. The monoisotopic (exact) mass is 280 g/mol. The lowest BCUT2D eigenvalue weighted by Crippen LogP contribution is -2.52. The molecule has 1 aromatic rings. The molecule has 0 aliphatic carbocycles. The van der Waals surface area contributed by atoms with Crippen molar-refractivity contribution in [3.8, 4) is 0 Å². The van der Waals surface area contributed by atoms with Gasteiger partial charge in [0.1, 0.15) is 0 Å². The second-order valence-corrected chi connectivity index (χ2v) is 5.80. The van der Waals surface area contributed by atoms with Crippen LogP contribution in [0.25, 0.3) is 0 Å². The number of nitrogens with zero attached hydrogens (tertiary/aromatic N) is 3. The lowest BCUT2D eigenvalue weighted by atomic mass is 10.3. The van der Waals surface area contributed by atoms with Gasteiger partial charge in [-0.1, -0.05) is 0 Å². The van der Waals surface area contributed by atoms with E-state index in [1.54, 1.807) is 7.05 Å². The number of rotatable bonds is 2. The van der Waals surface area contributed by atoms with Crippen LogP contribution >= 0.6 is 12.4 Å². The van der Waals surface area contributed by atoms with Crippen LogP contribution in [0.3, 0.4) is 0 Å². The molecule has 1 aliphatic heterocycles. The molecule has 1 fully saturated rings. The molecule has 0 aromatic carbocycles. The molecule has 0 saturated carbocycles. The Bertz CT molecular complexity index is 473. The van der Waals surface area contributed by atoms with Crippen LogP contribution in [0.5, 0.6) is 0 Å². The molecule has 2 rings (SSSR count). The molecule has 0 spiro atoms. The fraction of sp³-hybridized carbons (Fsp3) is 0.667. The normalized spacial score (nSPS) is 22.1. The van der Waals surface area contributed by atoms with Crippen LogP contribution in [0.1, 0.15) is 6.92 Å². The fourth-order valence-electron chi connectivity index (χ4n) is 1.91. The van der Waals surface area contributed by atoms with E-state index in [4.69, 9.17) is 0 Å². The Labute approximate surface area is 107 Å². The average molecular weight is 281 g/mol. The van der Waals surface area contributed by atoms with Crippen molar-refractivity contribution < 1.29 is 8.42 Å². The second-order valence-electron chi connectivity index (χ2n) is 3.96. The van der Waals surface area contributed by atoms with Gasteiger partial charge in [0.15, 0.2) is 5.03 Å². The minimum atomic E-state index is -3.40. The number of halogens is 1. The number of nitrogens with one attached hydrogen (secondary N) is 1. The first-order valence-electron chi connectivity index (χ1n) is 5.24. The predicted octanol–water partition coefficient (Wildman–Crippen LogP) is -0.176. The van der Waals surface area contributed by atoms with Crippen LogP contribution < -0.4 is 5.32 Å². The van der Waals surface area contributed by atoms with Crippen LogP contribution in [-0.2, 0) is 17.1 Å². The first-order valence-corrected chi connectivity index (χ1v) is 6.68. The molecule has 2 heterocycles. The van der Waals surface area contributed by atoms with Gasteiger partial charge in [-0.05, 0) is 13.0 Å². The summed E-state index contributed by atoms with van der Waals surface area (Å²) in [6.07, 6.45) is 1.50. The molecule has 1 N–H and O–H groups in total. The van der Waals surface area contributed by atoms with E-state index in [0.717, 1.165) is 0 Å². The molecule has 0 unspecified atom stereocenters. The summed E-state index contributed by atoms with van der Waals surface area (Å²) < 4.78 is 27.6. The topological polar surface area (TPSA) is 67.2 Å². The van der Waals surface area contributed by atoms with Crippen molar-refractivity contribution in [1.29, 1.82) is 0 Å². The Morgan fingerprint density at radius 1 is 1.53 bits per heavy atom. The number of sulfonamides is 1. The molecule has 8 heteroatoms. The summed E-state index contributed by atoms with van der Waals surface area (Å²) in [5.74, 6) is 0. The maximum absolute atomic E-state index is 12.3. The Balaban J connectivity index is 0.00000144. The van der Waals surface area contributed by atoms with Crippen molar-refractivity contribution in [2.75, 3.05) is 19.6 Å². The van der Waals surface area contributed by atoms with Gasteiger partial charge in [-0.3, -0.25) is 4.68 Å².